The zero-order valence-electron chi connectivity index (χ0n) is 14.1. The summed E-state index contributed by atoms with van der Waals surface area (Å²) in [4.78, 5) is 15.7. The highest BCUT2D eigenvalue weighted by molar-refractivity contribution is 7.99. The minimum Gasteiger partial charge on any atom is -0.506 e. The Balaban J connectivity index is 1.96. The molecule has 2 heterocycles. The summed E-state index contributed by atoms with van der Waals surface area (Å²) in [5, 5.41) is 18.7. The number of nitrogens with one attached hydrogen (secondary N) is 2. The summed E-state index contributed by atoms with van der Waals surface area (Å²) < 4.78 is 1.62. The Morgan fingerprint density at radius 3 is 2.93 bits per heavy atom. The second kappa shape index (κ2) is 7.09. The number of H-pyrrole nitrogens is 1. The first-order valence-electron chi connectivity index (χ1n) is 8.23. The minimum absolute atomic E-state index is 0.0249. The number of thioether (sulfide) groups is 1. The number of phenols is 1. The molecule has 0 saturated carbocycles. The van der Waals surface area contributed by atoms with E-state index in [1.807, 2.05) is 24.3 Å². The first-order valence-corrected chi connectivity index (χ1v) is 9.59. The largest absolute Gasteiger partial charge is 0.506 e. The number of anilines is 1. The van der Waals surface area contributed by atoms with Crippen LogP contribution < -0.4 is 15.6 Å². The molecule has 136 valence electrons. The lowest BCUT2D eigenvalue weighted by Gasteiger charge is -2.23. The van der Waals surface area contributed by atoms with Crippen LogP contribution in [-0.4, -0.2) is 20.9 Å². The van der Waals surface area contributed by atoms with Crippen molar-refractivity contribution in [3.8, 4) is 17.0 Å². The van der Waals surface area contributed by atoms with Gasteiger partial charge in [-0.15, -0.1) is 6.58 Å². The standard InChI is InChI=1S/C19H15ClN4O2S/c1-2-10-27-19-22-18(26)16-11-6-3-4-8-13(11)21-17(24(16)23-19)12-7-5-9-14(25)15(12)20/h2-9,17H,1,10H2,(H2,22,23,25,26)/p+1/t17-/m0/s1. The molecule has 3 N–H and O–H groups in total. The van der Waals surface area contributed by atoms with E-state index in [2.05, 4.69) is 22.0 Å². The maximum atomic E-state index is 12.9. The molecule has 0 amide bonds. The van der Waals surface area contributed by atoms with Gasteiger partial charge in [-0.3, -0.25) is 9.78 Å². The normalized spacial score (nSPS) is 14.8. The third-order valence-electron chi connectivity index (χ3n) is 4.22. The van der Waals surface area contributed by atoms with Crippen molar-refractivity contribution in [2.24, 2.45) is 0 Å². The first-order chi connectivity index (χ1) is 13.1. The van der Waals surface area contributed by atoms with E-state index in [0.717, 1.165) is 11.3 Å². The smallest absolute Gasteiger partial charge is 0.325 e. The predicted octanol–water partition coefficient (Wildman–Crippen LogP) is 3.33. The lowest BCUT2D eigenvalue weighted by atomic mass is 10.0. The Morgan fingerprint density at radius 2 is 2.11 bits per heavy atom. The molecule has 0 bridgehead atoms. The van der Waals surface area contributed by atoms with Crippen LogP contribution in [0.15, 0.2) is 65.1 Å². The number of aromatic amines is 1. The number of benzene rings is 2. The van der Waals surface area contributed by atoms with Gasteiger partial charge in [0.15, 0.2) is 0 Å². The van der Waals surface area contributed by atoms with E-state index in [1.165, 1.54) is 17.8 Å². The maximum absolute atomic E-state index is 12.9. The number of aromatic hydroxyl groups is 1. The van der Waals surface area contributed by atoms with Crippen molar-refractivity contribution in [1.29, 1.82) is 0 Å². The number of nitrogens with zero attached hydrogens (tertiary/aromatic N) is 2. The second-order valence-electron chi connectivity index (χ2n) is 5.92. The Hall–Kier alpha value is -2.77. The quantitative estimate of drug-likeness (QED) is 0.356. The molecule has 6 nitrogen and oxygen atoms in total. The third kappa shape index (κ3) is 3.09. The lowest BCUT2D eigenvalue weighted by molar-refractivity contribution is -0.759. The van der Waals surface area contributed by atoms with Gasteiger partial charge in [-0.2, -0.15) is 0 Å². The molecule has 1 aliphatic heterocycles. The molecule has 0 fully saturated rings. The minimum atomic E-state index is -0.542. The molecule has 4 rings (SSSR count). The van der Waals surface area contributed by atoms with Crippen LogP contribution in [0.4, 0.5) is 5.69 Å². The summed E-state index contributed by atoms with van der Waals surface area (Å²) in [6.45, 7) is 3.69. The van der Waals surface area contributed by atoms with Gasteiger partial charge in [0, 0.05) is 10.9 Å². The Morgan fingerprint density at radius 1 is 1.30 bits per heavy atom. The molecule has 0 aliphatic carbocycles. The molecule has 8 heteroatoms. The third-order valence-corrected chi connectivity index (χ3v) is 5.49. The summed E-state index contributed by atoms with van der Waals surface area (Å²) in [7, 11) is 0. The van der Waals surface area contributed by atoms with Crippen molar-refractivity contribution < 1.29 is 9.79 Å². The molecular formula is C19H16ClN4O2S+. The van der Waals surface area contributed by atoms with Crippen LogP contribution in [0.1, 0.15) is 11.7 Å². The molecule has 3 aromatic rings. The second-order valence-corrected chi connectivity index (χ2v) is 7.31. The van der Waals surface area contributed by atoms with Crippen molar-refractivity contribution >= 4 is 29.1 Å². The lowest BCUT2D eigenvalue weighted by Crippen LogP contribution is -2.55. The van der Waals surface area contributed by atoms with Gasteiger partial charge >= 0.3 is 11.3 Å². The molecular weight excluding hydrogens is 384 g/mol. The van der Waals surface area contributed by atoms with Gasteiger partial charge in [-0.05, 0) is 28.9 Å². The Bertz CT molecular complexity index is 1100. The molecule has 0 radical (unpaired) electrons. The summed E-state index contributed by atoms with van der Waals surface area (Å²) >= 11 is 7.73. The fourth-order valence-electron chi connectivity index (χ4n) is 3.05. The number of rotatable bonds is 4. The van der Waals surface area contributed by atoms with E-state index in [0.29, 0.717) is 22.2 Å². The van der Waals surface area contributed by atoms with Crippen LogP contribution in [0, 0.1) is 0 Å². The Labute approximate surface area is 164 Å². The molecule has 1 aromatic heterocycles. The fraction of sp³-hybridized carbons (Fsp3) is 0.105. The fourth-order valence-corrected chi connectivity index (χ4v) is 3.87. The molecule has 0 saturated heterocycles. The van der Waals surface area contributed by atoms with E-state index in [4.69, 9.17) is 11.6 Å². The van der Waals surface area contributed by atoms with Crippen LogP contribution in [-0.2, 0) is 0 Å². The topological polar surface area (TPSA) is 81.9 Å². The molecule has 1 atom stereocenters. The van der Waals surface area contributed by atoms with Crippen molar-refractivity contribution in [3.63, 3.8) is 0 Å². The highest BCUT2D eigenvalue weighted by atomic mass is 35.5. The van der Waals surface area contributed by atoms with Crippen molar-refractivity contribution in [2.75, 3.05) is 11.1 Å². The SMILES string of the molecule is C=CCSc1n[n+]2c(c(=O)[nH]1)-c1ccccc1N[C@@H]2c1cccc(O)c1Cl. The van der Waals surface area contributed by atoms with Gasteiger partial charge in [-0.25, -0.2) is 0 Å². The first kappa shape index (κ1) is 17.6. The molecule has 2 aromatic carbocycles. The number of para-hydroxylation sites is 1. The number of aromatic nitrogens is 3. The van der Waals surface area contributed by atoms with Gasteiger partial charge in [0.25, 0.3) is 6.17 Å². The number of hydrogen-bond acceptors (Lipinski definition) is 5. The van der Waals surface area contributed by atoms with Crippen molar-refractivity contribution in [2.45, 2.75) is 11.3 Å². The highest BCUT2D eigenvalue weighted by Crippen LogP contribution is 2.36. The zero-order valence-corrected chi connectivity index (χ0v) is 15.7. The van der Waals surface area contributed by atoms with E-state index < -0.39 is 6.17 Å². The van der Waals surface area contributed by atoms with Crippen LogP contribution in [0.25, 0.3) is 11.3 Å². The number of phenolic OH excluding ortho intramolecular Hbond substituents is 1. The van der Waals surface area contributed by atoms with Crippen LogP contribution in [0.2, 0.25) is 5.02 Å². The van der Waals surface area contributed by atoms with Crippen molar-refractivity contribution in [1.82, 2.24) is 10.1 Å². The average Bonchev–Trinajstić information content (AvgIpc) is 2.67. The number of fused-ring (bicyclic) bond motifs is 3. The van der Waals surface area contributed by atoms with Gasteiger partial charge in [-0.1, -0.05) is 47.6 Å². The highest BCUT2D eigenvalue weighted by Gasteiger charge is 2.38. The Kier molecular flexibility index (Phi) is 4.63. The van der Waals surface area contributed by atoms with E-state index >= 15 is 0 Å². The maximum Gasteiger partial charge on any atom is 0.325 e. The van der Waals surface area contributed by atoms with Gasteiger partial charge in [0.05, 0.1) is 21.8 Å². The van der Waals surface area contributed by atoms with Gasteiger partial charge in [0.2, 0.25) is 5.16 Å². The molecule has 1 aliphatic rings. The molecule has 0 unspecified atom stereocenters. The van der Waals surface area contributed by atoms with E-state index in [-0.39, 0.29) is 16.3 Å². The summed E-state index contributed by atoms with van der Waals surface area (Å²) in [6, 6.07) is 12.5. The van der Waals surface area contributed by atoms with E-state index in [9.17, 15) is 9.90 Å². The van der Waals surface area contributed by atoms with Crippen LogP contribution in [0.5, 0.6) is 5.75 Å². The number of hydrogen-bond donors (Lipinski definition) is 3. The average molecular weight is 400 g/mol. The van der Waals surface area contributed by atoms with Crippen molar-refractivity contribution in [3.05, 3.63) is 76.1 Å². The number of halogens is 1. The van der Waals surface area contributed by atoms with Gasteiger partial charge < -0.3 is 10.4 Å². The summed E-state index contributed by atoms with van der Waals surface area (Å²) in [5.74, 6) is 0.590. The monoisotopic (exact) mass is 399 g/mol. The van der Waals surface area contributed by atoms with Crippen LogP contribution >= 0.6 is 23.4 Å². The molecule has 27 heavy (non-hydrogen) atoms. The zero-order chi connectivity index (χ0) is 19.0. The van der Waals surface area contributed by atoms with E-state index in [1.54, 1.807) is 22.9 Å². The summed E-state index contributed by atoms with van der Waals surface area (Å²) in [5.41, 5.74) is 2.35. The van der Waals surface area contributed by atoms with Gasteiger partial charge in [0.1, 0.15) is 5.75 Å². The summed E-state index contributed by atoms with van der Waals surface area (Å²) in [6.07, 6.45) is 1.20. The predicted molar refractivity (Wildman–Crippen MR) is 106 cm³/mol. The molecule has 0 spiro atoms. The van der Waals surface area contributed by atoms with Crippen LogP contribution in [0.3, 0.4) is 0 Å².